The molecule has 0 saturated heterocycles. The average molecular weight is 257 g/mol. The first-order valence-corrected chi connectivity index (χ1v) is 6.02. The summed E-state index contributed by atoms with van der Waals surface area (Å²) in [6.07, 6.45) is -0.738. The molecule has 4 heteroatoms. The molecule has 1 N–H and O–H groups in total. The van der Waals surface area contributed by atoms with Gasteiger partial charge in [0.1, 0.15) is 11.9 Å². The topological polar surface area (TPSA) is 20.2 Å². The number of aliphatic hydroxyl groups is 1. The molecule has 2 rings (SSSR count). The zero-order valence-corrected chi connectivity index (χ0v) is 10.1. The third kappa shape index (κ3) is 2.26. The summed E-state index contributed by atoms with van der Waals surface area (Å²) in [5.74, 6) is -0.294. The zero-order chi connectivity index (χ0) is 11.7. The van der Waals surface area contributed by atoms with E-state index in [2.05, 4.69) is 0 Å². The van der Waals surface area contributed by atoms with E-state index in [1.807, 2.05) is 0 Å². The molecule has 16 heavy (non-hydrogen) atoms. The first kappa shape index (κ1) is 11.6. The fourth-order valence-corrected chi connectivity index (χ4v) is 2.65. The summed E-state index contributed by atoms with van der Waals surface area (Å²) in [6, 6.07) is 6.08. The second-order valence-corrected chi connectivity index (χ2v) is 4.95. The molecular weight excluding hydrogens is 247 g/mol. The molecular formula is C12H10ClFOS. The van der Waals surface area contributed by atoms with Crippen molar-refractivity contribution in [3.8, 4) is 0 Å². The highest BCUT2D eigenvalue weighted by atomic mass is 35.5. The van der Waals surface area contributed by atoms with Crippen LogP contribution in [-0.2, 0) is 0 Å². The molecule has 0 aliphatic carbocycles. The fraction of sp³-hybridized carbons (Fsp3) is 0.167. The summed E-state index contributed by atoms with van der Waals surface area (Å²) in [6.45, 7) is 1.77. The first-order valence-electron chi connectivity index (χ1n) is 4.76. The number of hydrogen-bond donors (Lipinski definition) is 1. The Morgan fingerprint density at radius 3 is 2.69 bits per heavy atom. The number of benzene rings is 1. The van der Waals surface area contributed by atoms with Gasteiger partial charge in [-0.1, -0.05) is 17.7 Å². The van der Waals surface area contributed by atoms with E-state index in [0.717, 1.165) is 10.4 Å². The van der Waals surface area contributed by atoms with E-state index in [1.54, 1.807) is 24.4 Å². The van der Waals surface area contributed by atoms with Gasteiger partial charge in [0.05, 0.1) is 5.02 Å². The van der Waals surface area contributed by atoms with Gasteiger partial charge < -0.3 is 5.11 Å². The van der Waals surface area contributed by atoms with E-state index in [9.17, 15) is 9.50 Å². The summed E-state index contributed by atoms with van der Waals surface area (Å²) in [5, 5.41) is 12.5. The van der Waals surface area contributed by atoms with Crippen molar-refractivity contribution in [2.24, 2.45) is 0 Å². The van der Waals surface area contributed by atoms with Crippen molar-refractivity contribution in [1.29, 1.82) is 0 Å². The van der Waals surface area contributed by atoms with Crippen LogP contribution in [0, 0.1) is 12.7 Å². The van der Waals surface area contributed by atoms with Crippen LogP contribution in [0.4, 0.5) is 4.39 Å². The van der Waals surface area contributed by atoms with Gasteiger partial charge in [-0.3, -0.25) is 0 Å². The predicted molar refractivity (Wildman–Crippen MR) is 64.5 cm³/mol. The number of rotatable bonds is 2. The predicted octanol–water partition coefficient (Wildman–Crippen LogP) is 3.93. The van der Waals surface area contributed by atoms with Crippen LogP contribution in [-0.4, -0.2) is 5.11 Å². The molecule has 0 aliphatic heterocycles. The van der Waals surface area contributed by atoms with Crippen molar-refractivity contribution in [3.63, 3.8) is 0 Å². The zero-order valence-electron chi connectivity index (χ0n) is 8.58. The largest absolute Gasteiger partial charge is 0.383 e. The summed E-state index contributed by atoms with van der Waals surface area (Å²) in [5.41, 5.74) is 1.44. The van der Waals surface area contributed by atoms with Crippen molar-refractivity contribution < 1.29 is 9.50 Å². The SMILES string of the molecule is Cc1cc(F)ccc1C(O)c1cc(Cl)cs1. The standard InChI is InChI=1S/C12H10ClFOS/c1-7-4-9(14)2-3-10(7)12(15)11-5-8(13)6-16-11/h2-6,12,15H,1H3. The van der Waals surface area contributed by atoms with E-state index in [-0.39, 0.29) is 5.82 Å². The van der Waals surface area contributed by atoms with Gasteiger partial charge in [-0.2, -0.15) is 0 Å². The Morgan fingerprint density at radius 1 is 1.38 bits per heavy atom. The maximum Gasteiger partial charge on any atom is 0.123 e. The van der Waals surface area contributed by atoms with Crippen molar-refractivity contribution in [1.82, 2.24) is 0 Å². The van der Waals surface area contributed by atoms with E-state index in [0.29, 0.717) is 10.6 Å². The van der Waals surface area contributed by atoms with Gasteiger partial charge in [0.15, 0.2) is 0 Å². The van der Waals surface area contributed by atoms with Gasteiger partial charge in [0.2, 0.25) is 0 Å². The highest BCUT2D eigenvalue weighted by molar-refractivity contribution is 7.10. The lowest BCUT2D eigenvalue weighted by Crippen LogP contribution is -2.00. The summed E-state index contributed by atoms with van der Waals surface area (Å²) in [7, 11) is 0. The Morgan fingerprint density at radius 2 is 2.12 bits per heavy atom. The van der Waals surface area contributed by atoms with Crippen LogP contribution in [0.1, 0.15) is 22.1 Å². The van der Waals surface area contributed by atoms with Gasteiger partial charge in [-0.25, -0.2) is 4.39 Å². The molecule has 1 atom stereocenters. The average Bonchev–Trinajstić information content (AvgIpc) is 2.64. The Kier molecular flexibility index (Phi) is 3.28. The van der Waals surface area contributed by atoms with Crippen molar-refractivity contribution in [2.45, 2.75) is 13.0 Å². The van der Waals surface area contributed by atoms with Gasteiger partial charge in [0.25, 0.3) is 0 Å². The fourth-order valence-electron chi connectivity index (χ4n) is 1.57. The lowest BCUT2D eigenvalue weighted by molar-refractivity contribution is 0.223. The maximum absolute atomic E-state index is 12.9. The van der Waals surface area contributed by atoms with E-state index >= 15 is 0 Å². The minimum absolute atomic E-state index is 0.294. The number of halogens is 2. The van der Waals surface area contributed by atoms with Gasteiger partial charge in [0, 0.05) is 10.3 Å². The minimum Gasteiger partial charge on any atom is -0.383 e. The second kappa shape index (κ2) is 4.53. The summed E-state index contributed by atoms with van der Waals surface area (Å²) >= 11 is 7.19. The number of aryl methyl sites for hydroxylation is 1. The maximum atomic E-state index is 12.9. The Hall–Kier alpha value is -0.900. The van der Waals surface area contributed by atoms with Crippen molar-refractivity contribution in [3.05, 3.63) is 56.5 Å². The Balaban J connectivity index is 2.37. The minimum atomic E-state index is -0.738. The smallest absolute Gasteiger partial charge is 0.123 e. The molecule has 1 heterocycles. The van der Waals surface area contributed by atoms with E-state index in [1.165, 1.54) is 23.5 Å². The van der Waals surface area contributed by atoms with E-state index < -0.39 is 6.10 Å². The molecule has 2 aromatic rings. The third-order valence-electron chi connectivity index (χ3n) is 2.38. The highest BCUT2D eigenvalue weighted by Gasteiger charge is 2.15. The number of thiophene rings is 1. The quantitative estimate of drug-likeness (QED) is 0.863. The normalized spacial score (nSPS) is 12.8. The van der Waals surface area contributed by atoms with Crippen molar-refractivity contribution >= 4 is 22.9 Å². The Bertz CT molecular complexity index is 509. The summed E-state index contributed by atoms with van der Waals surface area (Å²) in [4.78, 5) is 0.764. The number of aliphatic hydroxyl groups excluding tert-OH is 1. The lowest BCUT2D eigenvalue weighted by atomic mass is 10.0. The van der Waals surface area contributed by atoms with Gasteiger partial charge in [-0.15, -0.1) is 11.3 Å². The number of hydrogen-bond acceptors (Lipinski definition) is 2. The van der Waals surface area contributed by atoms with Gasteiger partial charge in [-0.05, 0) is 36.2 Å². The van der Waals surface area contributed by atoms with Crippen LogP contribution >= 0.6 is 22.9 Å². The molecule has 0 aliphatic rings. The molecule has 0 bridgehead atoms. The molecule has 0 amide bonds. The van der Waals surface area contributed by atoms with Crippen molar-refractivity contribution in [2.75, 3.05) is 0 Å². The van der Waals surface area contributed by atoms with Gasteiger partial charge >= 0.3 is 0 Å². The van der Waals surface area contributed by atoms with Crippen LogP contribution in [0.5, 0.6) is 0 Å². The first-order chi connectivity index (χ1) is 7.58. The highest BCUT2D eigenvalue weighted by Crippen LogP contribution is 2.31. The van der Waals surface area contributed by atoms with Crippen LogP contribution in [0.25, 0.3) is 0 Å². The third-order valence-corrected chi connectivity index (χ3v) is 3.72. The monoisotopic (exact) mass is 256 g/mol. The lowest BCUT2D eigenvalue weighted by Gasteiger charge is -2.11. The second-order valence-electron chi connectivity index (χ2n) is 3.57. The molecule has 1 unspecified atom stereocenters. The molecule has 1 nitrogen and oxygen atoms in total. The van der Waals surface area contributed by atoms with Crippen LogP contribution < -0.4 is 0 Å². The molecule has 1 aromatic carbocycles. The van der Waals surface area contributed by atoms with Crippen LogP contribution in [0.3, 0.4) is 0 Å². The molecule has 84 valence electrons. The summed E-state index contributed by atoms with van der Waals surface area (Å²) < 4.78 is 12.9. The molecule has 0 fully saturated rings. The molecule has 0 spiro atoms. The molecule has 1 aromatic heterocycles. The van der Waals surface area contributed by atoms with Crippen LogP contribution in [0.2, 0.25) is 5.02 Å². The molecule has 0 radical (unpaired) electrons. The Labute approximate surface area is 102 Å². The van der Waals surface area contributed by atoms with E-state index in [4.69, 9.17) is 11.6 Å². The molecule has 0 saturated carbocycles. The van der Waals surface area contributed by atoms with Crippen LogP contribution in [0.15, 0.2) is 29.6 Å².